The first-order valence-corrected chi connectivity index (χ1v) is 44.0. The van der Waals surface area contributed by atoms with Gasteiger partial charge in [-0.15, -0.1) is 0 Å². The molecule has 98 heavy (non-hydrogen) atoms. The van der Waals surface area contributed by atoms with E-state index in [-0.39, 0.29) is 25.7 Å². The van der Waals surface area contributed by atoms with E-state index in [0.29, 0.717) is 25.7 Å². The minimum atomic E-state index is -4.96. The van der Waals surface area contributed by atoms with Crippen LogP contribution in [0.15, 0.2) is 0 Å². The Morgan fingerprint density at radius 2 is 0.520 bits per heavy atom. The Bertz CT molecular complexity index is 1890. The van der Waals surface area contributed by atoms with E-state index in [9.17, 15) is 43.2 Å². The summed E-state index contributed by atoms with van der Waals surface area (Å²) in [5, 5.41) is 10.6. The minimum Gasteiger partial charge on any atom is -0.462 e. The first-order chi connectivity index (χ1) is 47.4. The average molecular weight is 1440 g/mol. The molecule has 0 aromatic rings. The maximum absolute atomic E-state index is 13.1. The van der Waals surface area contributed by atoms with E-state index < -0.39 is 97.5 Å². The lowest BCUT2D eigenvalue weighted by Crippen LogP contribution is -2.30. The lowest BCUT2D eigenvalue weighted by atomic mass is 9.99. The van der Waals surface area contributed by atoms with E-state index in [1.807, 2.05) is 0 Å². The highest BCUT2D eigenvalue weighted by Gasteiger charge is 2.30. The minimum absolute atomic E-state index is 0.106. The molecule has 0 bridgehead atoms. The molecule has 0 spiro atoms. The molecule has 582 valence electrons. The van der Waals surface area contributed by atoms with Crippen molar-refractivity contribution in [2.75, 3.05) is 39.6 Å². The zero-order valence-corrected chi connectivity index (χ0v) is 65.9. The monoisotopic (exact) mass is 1440 g/mol. The second-order valence-corrected chi connectivity index (χ2v) is 32.1. The van der Waals surface area contributed by atoms with Crippen molar-refractivity contribution in [1.29, 1.82) is 0 Å². The van der Waals surface area contributed by atoms with Gasteiger partial charge in [0.1, 0.15) is 19.3 Å². The predicted molar refractivity (Wildman–Crippen MR) is 400 cm³/mol. The highest BCUT2D eigenvalue weighted by atomic mass is 31.2. The first-order valence-electron chi connectivity index (χ1n) is 41.0. The van der Waals surface area contributed by atoms with Crippen LogP contribution in [-0.4, -0.2) is 96.7 Å². The van der Waals surface area contributed by atoms with E-state index in [1.54, 1.807) is 0 Å². The van der Waals surface area contributed by atoms with Crippen LogP contribution in [0.1, 0.15) is 414 Å². The molecular weight excluding hydrogens is 1280 g/mol. The van der Waals surface area contributed by atoms with E-state index in [0.717, 1.165) is 102 Å². The number of carbonyl (C=O) groups excluding carboxylic acids is 4. The summed E-state index contributed by atoms with van der Waals surface area (Å²) in [7, 11) is -9.92. The van der Waals surface area contributed by atoms with Crippen molar-refractivity contribution in [1.82, 2.24) is 0 Å². The van der Waals surface area contributed by atoms with Crippen LogP contribution in [0.25, 0.3) is 0 Å². The van der Waals surface area contributed by atoms with Crippen LogP contribution in [0, 0.1) is 11.8 Å². The summed E-state index contributed by atoms with van der Waals surface area (Å²) in [5.41, 5.74) is 0. The van der Waals surface area contributed by atoms with Gasteiger partial charge in [0, 0.05) is 25.7 Å². The SMILES string of the molecule is CCCCCCCCCCCCCCCCCCC(=O)O[C@H](COC(=O)CCCCCCCCCCCCCCCCC)COP(=O)(O)OC[C@@H](O)COP(=O)(O)OC[C@@H](COC(=O)CCCCCCCCCCCCC(C)C)OC(=O)CCCCCCCCCCCCC(C)CC. The molecule has 0 aliphatic rings. The van der Waals surface area contributed by atoms with Crippen LogP contribution in [0.3, 0.4) is 0 Å². The van der Waals surface area contributed by atoms with Crippen LogP contribution in [0.4, 0.5) is 0 Å². The molecule has 3 unspecified atom stereocenters. The fourth-order valence-corrected chi connectivity index (χ4v) is 13.7. The van der Waals surface area contributed by atoms with E-state index >= 15 is 0 Å². The Kier molecular flexibility index (Phi) is 69.3. The van der Waals surface area contributed by atoms with Gasteiger partial charge in [-0.1, -0.05) is 363 Å². The molecule has 0 aliphatic carbocycles. The maximum atomic E-state index is 13.1. The number of hydrogen-bond acceptors (Lipinski definition) is 15. The summed E-state index contributed by atoms with van der Waals surface area (Å²) in [6, 6.07) is 0. The molecule has 0 aliphatic heterocycles. The van der Waals surface area contributed by atoms with Gasteiger partial charge in [0.15, 0.2) is 12.2 Å². The number of unbranched alkanes of at least 4 members (excludes halogenated alkanes) is 47. The van der Waals surface area contributed by atoms with Gasteiger partial charge in [0.25, 0.3) is 0 Å². The quantitative estimate of drug-likeness (QED) is 0.0222. The van der Waals surface area contributed by atoms with Gasteiger partial charge >= 0.3 is 39.5 Å². The summed E-state index contributed by atoms with van der Waals surface area (Å²) in [5.74, 6) is -0.547. The predicted octanol–water partition coefficient (Wildman–Crippen LogP) is 23.5. The third kappa shape index (κ3) is 71.1. The van der Waals surface area contributed by atoms with Crippen LogP contribution in [0.2, 0.25) is 0 Å². The number of phosphoric ester groups is 2. The van der Waals surface area contributed by atoms with Crippen molar-refractivity contribution in [2.45, 2.75) is 432 Å². The van der Waals surface area contributed by atoms with Gasteiger partial charge in [0.05, 0.1) is 26.4 Å². The Labute approximate surface area is 600 Å². The van der Waals surface area contributed by atoms with Gasteiger partial charge in [-0.25, -0.2) is 9.13 Å². The number of carbonyl (C=O) groups is 4. The smallest absolute Gasteiger partial charge is 0.462 e. The third-order valence-corrected chi connectivity index (χ3v) is 20.7. The standard InChI is InChI=1S/C79H154O17P2/c1-7-10-12-14-16-18-20-22-24-26-28-30-39-45-51-57-63-78(83)95-74(67-89-76(81)61-55-49-43-37-29-27-25-23-21-19-17-15-13-11-8-2)69-93-97(85,86)91-65-73(80)66-92-98(87,88)94-70-75(68-90-77(82)62-56-50-44-38-33-31-35-41-47-53-59-71(4)5)96-79(84)64-58-52-46-40-34-32-36-42-48-54-60-72(6)9-3/h71-75,80H,7-70H2,1-6H3,(H,85,86)(H,87,88)/t72?,73-,74-,75-/m1/s1. The molecule has 17 nitrogen and oxygen atoms in total. The molecule has 0 saturated heterocycles. The zero-order valence-electron chi connectivity index (χ0n) is 64.1. The van der Waals surface area contributed by atoms with Crippen molar-refractivity contribution in [3.05, 3.63) is 0 Å². The van der Waals surface area contributed by atoms with Crippen molar-refractivity contribution in [2.24, 2.45) is 11.8 Å². The molecule has 6 atom stereocenters. The van der Waals surface area contributed by atoms with E-state index in [4.69, 9.17) is 37.0 Å². The normalized spacial score (nSPS) is 14.2. The fraction of sp³-hybridized carbons (Fsp3) is 0.949. The zero-order chi connectivity index (χ0) is 72.1. The Hall–Kier alpha value is -1.94. The number of rotatable bonds is 78. The average Bonchev–Trinajstić information content (AvgIpc) is 0.952. The highest BCUT2D eigenvalue weighted by molar-refractivity contribution is 7.47. The molecule has 0 aromatic carbocycles. The second kappa shape index (κ2) is 70.7. The second-order valence-electron chi connectivity index (χ2n) is 29.2. The molecule has 0 aromatic heterocycles. The molecular formula is C79H154O17P2. The van der Waals surface area contributed by atoms with Gasteiger partial charge in [-0.05, 0) is 37.5 Å². The number of aliphatic hydroxyl groups excluding tert-OH is 1. The Balaban J connectivity index is 5.28. The van der Waals surface area contributed by atoms with Crippen molar-refractivity contribution in [3.63, 3.8) is 0 Å². The number of hydrogen-bond donors (Lipinski definition) is 3. The van der Waals surface area contributed by atoms with E-state index in [1.165, 1.54) is 231 Å². The molecule has 0 heterocycles. The summed E-state index contributed by atoms with van der Waals surface area (Å²) in [6.45, 7) is 9.65. The lowest BCUT2D eigenvalue weighted by molar-refractivity contribution is -0.161. The van der Waals surface area contributed by atoms with Crippen molar-refractivity contribution >= 4 is 39.5 Å². The summed E-state index contributed by atoms with van der Waals surface area (Å²) < 4.78 is 68.7. The summed E-state index contributed by atoms with van der Waals surface area (Å²) in [6.07, 6.45) is 59.4. The maximum Gasteiger partial charge on any atom is 0.472 e. The van der Waals surface area contributed by atoms with Crippen LogP contribution >= 0.6 is 15.6 Å². The van der Waals surface area contributed by atoms with Crippen LogP contribution in [0.5, 0.6) is 0 Å². The first kappa shape index (κ1) is 96.1. The molecule has 0 rings (SSSR count). The van der Waals surface area contributed by atoms with Gasteiger partial charge in [0.2, 0.25) is 0 Å². The van der Waals surface area contributed by atoms with Crippen LogP contribution in [-0.2, 0) is 65.4 Å². The molecule has 0 fully saturated rings. The largest absolute Gasteiger partial charge is 0.472 e. The highest BCUT2D eigenvalue weighted by Crippen LogP contribution is 2.45. The number of phosphoric acid groups is 2. The van der Waals surface area contributed by atoms with Gasteiger partial charge in [-0.3, -0.25) is 37.3 Å². The number of esters is 4. The molecule has 0 saturated carbocycles. The molecule has 0 amide bonds. The number of aliphatic hydroxyl groups is 1. The van der Waals surface area contributed by atoms with Crippen molar-refractivity contribution < 1.29 is 80.2 Å². The Morgan fingerprint density at radius 3 is 0.776 bits per heavy atom. The van der Waals surface area contributed by atoms with Gasteiger partial charge in [-0.2, -0.15) is 0 Å². The fourth-order valence-electron chi connectivity index (χ4n) is 12.2. The number of ether oxygens (including phenoxy) is 4. The van der Waals surface area contributed by atoms with Gasteiger partial charge < -0.3 is 33.8 Å². The lowest BCUT2D eigenvalue weighted by Gasteiger charge is -2.21. The topological polar surface area (TPSA) is 237 Å². The Morgan fingerprint density at radius 1 is 0.296 bits per heavy atom. The third-order valence-electron chi connectivity index (χ3n) is 18.8. The summed E-state index contributed by atoms with van der Waals surface area (Å²) in [4.78, 5) is 73.0. The molecule has 0 radical (unpaired) electrons. The van der Waals surface area contributed by atoms with Crippen LogP contribution < -0.4 is 0 Å². The molecule has 19 heteroatoms. The van der Waals surface area contributed by atoms with E-state index in [2.05, 4.69) is 41.5 Å². The summed E-state index contributed by atoms with van der Waals surface area (Å²) >= 11 is 0. The molecule has 3 N–H and O–H groups in total. The van der Waals surface area contributed by atoms with Crippen molar-refractivity contribution in [3.8, 4) is 0 Å².